The molecule has 1 N–H and O–H groups in total. The lowest BCUT2D eigenvalue weighted by Crippen LogP contribution is -2.36. The van der Waals surface area contributed by atoms with Gasteiger partial charge in [0, 0.05) is 5.02 Å². The Bertz CT molecular complexity index is 435. The summed E-state index contributed by atoms with van der Waals surface area (Å²) in [5, 5.41) is 10.7. The van der Waals surface area contributed by atoms with E-state index in [0.29, 0.717) is 11.8 Å². The Morgan fingerprint density at radius 2 is 1.94 bits per heavy atom. The van der Waals surface area contributed by atoms with Gasteiger partial charge in [-0.2, -0.15) is 0 Å². The first-order chi connectivity index (χ1) is 8.22. The molecular formula is C15H17ClO. The van der Waals surface area contributed by atoms with Gasteiger partial charge in [0.15, 0.2) is 0 Å². The van der Waals surface area contributed by atoms with E-state index in [1.165, 1.54) is 24.0 Å². The van der Waals surface area contributed by atoms with Crippen molar-refractivity contribution in [2.24, 2.45) is 11.8 Å². The van der Waals surface area contributed by atoms with Crippen LogP contribution in [0, 0.1) is 11.8 Å². The van der Waals surface area contributed by atoms with Crippen LogP contribution in [-0.4, -0.2) is 11.2 Å². The van der Waals surface area contributed by atoms with Crippen LogP contribution in [0.1, 0.15) is 31.2 Å². The average Bonchev–Trinajstić information content (AvgIpc) is 2.34. The van der Waals surface area contributed by atoms with Gasteiger partial charge in [-0.1, -0.05) is 35.4 Å². The van der Waals surface area contributed by atoms with Crippen LogP contribution in [-0.2, 0) is 0 Å². The molecule has 0 radical (unpaired) electrons. The molecule has 1 aromatic carbocycles. The fraction of sp³-hybridized carbons (Fsp3) is 0.467. The summed E-state index contributed by atoms with van der Waals surface area (Å²) in [5.41, 5.74) is 2.75. The summed E-state index contributed by atoms with van der Waals surface area (Å²) >= 11 is 5.88. The average molecular weight is 249 g/mol. The molecule has 3 aliphatic carbocycles. The van der Waals surface area contributed by atoms with Crippen molar-refractivity contribution in [3.05, 3.63) is 40.4 Å². The quantitative estimate of drug-likeness (QED) is 0.799. The van der Waals surface area contributed by atoms with Crippen molar-refractivity contribution in [3.63, 3.8) is 0 Å². The second-order valence-corrected chi connectivity index (χ2v) is 5.75. The molecule has 3 fully saturated rings. The number of halogens is 1. The molecule has 17 heavy (non-hydrogen) atoms. The van der Waals surface area contributed by atoms with Crippen molar-refractivity contribution in [1.29, 1.82) is 0 Å². The van der Waals surface area contributed by atoms with Crippen LogP contribution < -0.4 is 0 Å². The molecule has 2 bridgehead atoms. The first-order valence-corrected chi connectivity index (χ1v) is 6.74. The minimum absolute atomic E-state index is 0.0592. The van der Waals surface area contributed by atoms with Gasteiger partial charge in [0.1, 0.15) is 0 Å². The maximum absolute atomic E-state index is 9.87. The smallest absolute Gasteiger partial charge is 0.0577 e. The van der Waals surface area contributed by atoms with Crippen LogP contribution in [0.2, 0.25) is 5.02 Å². The van der Waals surface area contributed by atoms with E-state index in [1.54, 1.807) is 0 Å². The fourth-order valence-corrected chi connectivity index (χ4v) is 3.33. The number of hydrogen-bond donors (Lipinski definition) is 1. The van der Waals surface area contributed by atoms with Crippen molar-refractivity contribution in [3.8, 4) is 0 Å². The minimum atomic E-state index is -0.0592. The maximum atomic E-state index is 9.87. The lowest BCUT2D eigenvalue weighted by Gasteiger charge is -2.41. The highest BCUT2D eigenvalue weighted by atomic mass is 35.5. The molecule has 1 aromatic rings. The molecule has 0 spiro atoms. The van der Waals surface area contributed by atoms with E-state index in [9.17, 15) is 5.11 Å². The van der Waals surface area contributed by atoms with Gasteiger partial charge in [-0.3, -0.25) is 0 Å². The molecule has 0 heterocycles. The van der Waals surface area contributed by atoms with Gasteiger partial charge in [0.25, 0.3) is 0 Å². The van der Waals surface area contributed by atoms with Crippen molar-refractivity contribution < 1.29 is 5.11 Å². The Kier molecular flexibility index (Phi) is 2.97. The molecule has 0 saturated heterocycles. The molecule has 0 aromatic heterocycles. The highest BCUT2D eigenvalue weighted by molar-refractivity contribution is 6.30. The third-order valence-electron chi connectivity index (χ3n) is 4.20. The molecule has 0 aliphatic heterocycles. The normalized spacial score (nSPS) is 34.2. The lowest BCUT2D eigenvalue weighted by molar-refractivity contribution is 0.0288. The molecular weight excluding hydrogens is 232 g/mol. The van der Waals surface area contributed by atoms with Crippen molar-refractivity contribution in [2.45, 2.75) is 31.8 Å². The third kappa shape index (κ3) is 2.27. The Balaban J connectivity index is 1.83. The van der Waals surface area contributed by atoms with Crippen molar-refractivity contribution in [1.82, 2.24) is 0 Å². The molecule has 2 heteroatoms. The molecule has 3 unspecified atom stereocenters. The number of allylic oxidation sites excluding steroid dienone is 1. The van der Waals surface area contributed by atoms with E-state index < -0.39 is 0 Å². The zero-order chi connectivity index (χ0) is 11.8. The van der Waals surface area contributed by atoms with Crippen LogP contribution in [0.3, 0.4) is 0 Å². The largest absolute Gasteiger partial charge is 0.393 e. The third-order valence-corrected chi connectivity index (χ3v) is 4.45. The van der Waals surface area contributed by atoms with Gasteiger partial charge in [0.05, 0.1) is 6.10 Å². The Labute approximate surface area is 107 Å². The highest BCUT2D eigenvalue weighted by Gasteiger charge is 2.37. The fourth-order valence-electron chi connectivity index (χ4n) is 3.20. The Morgan fingerprint density at radius 3 is 2.53 bits per heavy atom. The Morgan fingerprint density at radius 1 is 1.18 bits per heavy atom. The van der Waals surface area contributed by atoms with Crippen LogP contribution in [0.15, 0.2) is 29.8 Å². The summed E-state index contributed by atoms with van der Waals surface area (Å²) in [7, 11) is 0. The second kappa shape index (κ2) is 4.47. The summed E-state index contributed by atoms with van der Waals surface area (Å²) in [5.74, 6) is 1.10. The summed E-state index contributed by atoms with van der Waals surface area (Å²) in [6, 6.07) is 8.00. The molecule has 3 aliphatic rings. The molecule has 4 rings (SSSR count). The van der Waals surface area contributed by atoms with Gasteiger partial charge < -0.3 is 5.11 Å². The SMILES string of the molecule is OC1CC2CCC1CC2=Cc1ccc(Cl)cc1. The number of rotatable bonds is 1. The zero-order valence-electron chi connectivity index (χ0n) is 9.77. The van der Waals surface area contributed by atoms with Gasteiger partial charge in [-0.15, -0.1) is 0 Å². The van der Waals surface area contributed by atoms with Crippen LogP contribution in [0.5, 0.6) is 0 Å². The van der Waals surface area contributed by atoms with Gasteiger partial charge in [-0.05, 0) is 55.2 Å². The van der Waals surface area contributed by atoms with Gasteiger partial charge in [-0.25, -0.2) is 0 Å². The van der Waals surface area contributed by atoms with Crippen molar-refractivity contribution >= 4 is 17.7 Å². The number of fused-ring (bicyclic) bond motifs is 3. The maximum Gasteiger partial charge on any atom is 0.0577 e. The summed E-state index contributed by atoms with van der Waals surface area (Å²) in [6.45, 7) is 0. The first-order valence-electron chi connectivity index (χ1n) is 6.36. The van der Waals surface area contributed by atoms with E-state index in [0.717, 1.165) is 17.9 Å². The summed E-state index contributed by atoms with van der Waals surface area (Å²) in [4.78, 5) is 0. The van der Waals surface area contributed by atoms with Crippen LogP contribution >= 0.6 is 11.6 Å². The summed E-state index contributed by atoms with van der Waals surface area (Å²) < 4.78 is 0. The summed E-state index contributed by atoms with van der Waals surface area (Å²) in [6.07, 6.45) is 6.72. The monoisotopic (exact) mass is 248 g/mol. The molecule has 90 valence electrons. The van der Waals surface area contributed by atoms with Crippen LogP contribution in [0.4, 0.5) is 0 Å². The van der Waals surface area contributed by atoms with Gasteiger partial charge in [0.2, 0.25) is 0 Å². The lowest BCUT2D eigenvalue weighted by atomic mass is 9.66. The van der Waals surface area contributed by atoms with Crippen LogP contribution in [0.25, 0.3) is 6.08 Å². The predicted molar refractivity (Wildman–Crippen MR) is 70.9 cm³/mol. The van der Waals surface area contributed by atoms with E-state index >= 15 is 0 Å². The first kappa shape index (κ1) is 11.3. The molecule has 3 atom stereocenters. The standard InChI is InChI=1S/C15H17ClO/c16-14-5-1-10(2-6-14)7-13-8-12-4-3-11(13)9-15(12)17/h1-2,5-7,11-12,15,17H,3-4,8-9H2. The number of hydrogen-bond acceptors (Lipinski definition) is 1. The number of aliphatic hydroxyl groups is 1. The Hall–Kier alpha value is -0.790. The molecule has 3 saturated carbocycles. The molecule has 1 nitrogen and oxygen atoms in total. The highest BCUT2D eigenvalue weighted by Crippen LogP contribution is 2.45. The van der Waals surface area contributed by atoms with Crippen molar-refractivity contribution in [2.75, 3.05) is 0 Å². The number of benzene rings is 1. The van der Waals surface area contributed by atoms with E-state index in [-0.39, 0.29) is 6.10 Å². The minimum Gasteiger partial charge on any atom is -0.393 e. The van der Waals surface area contributed by atoms with E-state index in [2.05, 4.69) is 18.2 Å². The second-order valence-electron chi connectivity index (χ2n) is 5.31. The van der Waals surface area contributed by atoms with Gasteiger partial charge >= 0.3 is 0 Å². The zero-order valence-corrected chi connectivity index (χ0v) is 10.5. The topological polar surface area (TPSA) is 20.2 Å². The predicted octanol–water partition coefficient (Wildman–Crippen LogP) is 3.90. The number of aliphatic hydroxyl groups excluding tert-OH is 1. The van der Waals surface area contributed by atoms with E-state index in [4.69, 9.17) is 11.6 Å². The van der Waals surface area contributed by atoms with E-state index in [1.807, 2.05) is 12.1 Å². The molecule has 0 amide bonds.